The summed E-state index contributed by atoms with van der Waals surface area (Å²) in [5.74, 6) is -0.0192. The molecule has 23 heavy (non-hydrogen) atoms. The number of nitrogens with zero attached hydrogens (tertiary/aromatic N) is 2. The lowest BCUT2D eigenvalue weighted by atomic mass is 10.1. The molecule has 0 aromatic heterocycles. The van der Waals surface area contributed by atoms with Crippen LogP contribution in [0.25, 0.3) is 0 Å². The van der Waals surface area contributed by atoms with Gasteiger partial charge in [0.1, 0.15) is 0 Å². The lowest BCUT2D eigenvalue weighted by Gasteiger charge is -2.26. The number of likely N-dealkylation sites (N-methyl/N-ethyl adjacent to an activating group) is 1. The van der Waals surface area contributed by atoms with E-state index in [1.165, 1.54) is 18.6 Å². The minimum atomic E-state index is -3.52. The van der Waals surface area contributed by atoms with Gasteiger partial charge in [0.05, 0.1) is 4.90 Å². The van der Waals surface area contributed by atoms with Crippen molar-refractivity contribution in [1.29, 1.82) is 0 Å². The molecule has 1 aliphatic rings. The second-order valence-corrected chi connectivity index (χ2v) is 7.85. The predicted octanol–water partition coefficient (Wildman–Crippen LogP) is 1.15. The number of hydrogen-bond donors (Lipinski definition) is 1. The summed E-state index contributed by atoms with van der Waals surface area (Å²) in [7, 11) is 0.244. The van der Waals surface area contributed by atoms with Gasteiger partial charge in [-0.1, -0.05) is 0 Å². The van der Waals surface area contributed by atoms with Crippen LogP contribution in [0.5, 0.6) is 0 Å². The van der Waals surface area contributed by atoms with Crippen molar-refractivity contribution in [3.8, 4) is 0 Å². The summed E-state index contributed by atoms with van der Waals surface area (Å²) in [6, 6.07) is 6.18. The molecule has 0 unspecified atom stereocenters. The van der Waals surface area contributed by atoms with Gasteiger partial charge in [-0.05, 0) is 57.6 Å². The van der Waals surface area contributed by atoms with E-state index < -0.39 is 10.0 Å². The SMILES string of the molecule is CN(C)CCNS(=O)(=O)c1ccc(C(=O)N2CCCCC2)cc1. The Morgan fingerprint density at radius 3 is 2.30 bits per heavy atom. The molecule has 0 radical (unpaired) electrons. The number of sulfonamides is 1. The first-order chi connectivity index (χ1) is 10.9. The maximum Gasteiger partial charge on any atom is 0.253 e. The van der Waals surface area contributed by atoms with Crippen molar-refractivity contribution in [2.24, 2.45) is 0 Å². The summed E-state index contributed by atoms with van der Waals surface area (Å²) < 4.78 is 26.9. The van der Waals surface area contributed by atoms with Gasteiger partial charge >= 0.3 is 0 Å². The molecule has 1 amide bonds. The normalized spacial score (nSPS) is 15.9. The molecule has 0 saturated carbocycles. The van der Waals surface area contributed by atoms with Crippen LogP contribution in [0.15, 0.2) is 29.2 Å². The fourth-order valence-corrected chi connectivity index (χ4v) is 3.56. The average molecular weight is 339 g/mol. The van der Waals surface area contributed by atoms with Gasteiger partial charge < -0.3 is 9.80 Å². The van der Waals surface area contributed by atoms with Gasteiger partial charge in [0.25, 0.3) is 5.91 Å². The van der Waals surface area contributed by atoms with E-state index in [1.807, 2.05) is 23.9 Å². The summed E-state index contributed by atoms with van der Waals surface area (Å²) in [5.41, 5.74) is 0.541. The highest BCUT2D eigenvalue weighted by Crippen LogP contribution is 2.15. The minimum absolute atomic E-state index is 0.0192. The number of carbonyl (C=O) groups is 1. The predicted molar refractivity (Wildman–Crippen MR) is 89.9 cm³/mol. The lowest BCUT2D eigenvalue weighted by Crippen LogP contribution is -2.35. The van der Waals surface area contributed by atoms with Crippen molar-refractivity contribution in [2.75, 3.05) is 40.3 Å². The first-order valence-corrected chi connectivity index (χ1v) is 9.42. The summed E-state index contributed by atoms with van der Waals surface area (Å²) in [5, 5.41) is 0. The van der Waals surface area contributed by atoms with Crippen LogP contribution in [-0.2, 0) is 10.0 Å². The fraction of sp³-hybridized carbons (Fsp3) is 0.562. The van der Waals surface area contributed by atoms with E-state index in [0.29, 0.717) is 18.7 Å². The largest absolute Gasteiger partial charge is 0.339 e. The van der Waals surface area contributed by atoms with Gasteiger partial charge in [0, 0.05) is 31.7 Å². The number of hydrogen-bond acceptors (Lipinski definition) is 4. The quantitative estimate of drug-likeness (QED) is 0.844. The molecule has 2 rings (SSSR count). The second kappa shape index (κ2) is 7.90. The van der Waals surface area contributed by atoms with E-state index in [0.717, 1.165) is 25.9 Å². The number of benzene rings is 1. The Kier molecular flexibility index (Phi) is 6.15. The summed E-state index contributed by atoms with van der Waals surface area (Å²) in [6.07, 6.45) is 3.24. The second-order valence-electron chi connectivity index (χ2n) is 6.08. The highest BCUT2D eigenvalue weighted by atomic mass is 32.2. The molecular weight excluding hydrogens is 314 g/mol. The van der Waals surface area contributed by atoms with E-state index in [-0.39, 0.29) is 10.8 Å². The van der Waals surface area contributed by atoms with E-state index in [4.69, 9.17) is 0 Å². The van der Waals surface area contributed by atoms with Crippen molar-refractivity contribution in [1.82, 2.24) is 14.5 Å². The number of piperidine rings is 1. The zero-order valence-corrected chi connectivity index (χ0v) is 14.6. The Morgan fingerprint density at radius 1 is 1.13 bits per heavy atom. The standard InChI is InChI=1S/C16H25N3O3S/c1-18(2)13-10-17-23(21,22)15-8-6-14(7-9-15)16(20)19-11-4-3-5-12-19/h6-9,17H,3-5,10-13H2,1-2H3. The van der Waals surface area contributed by atoms with Crippen molar-refractivity contribution in [3.63, 3.8) is 0 Å². The molecule has 0 spiro atoms. The summed E-state index contributed by atoms with van der Waals surface area (Å²) >= 11 is 0. The van der Waals surface area contributed by atoms with Gasteiger partial charge in [-0.25, -0.2) is 13.1 Å². The van der Waals surface area contributed by atoms with Crippen molar-refractivity contribution < 1.29 is 13.2 Å². The summed E-state index contributed by atoms with van der Waals surface area (Å²) in [4.78, 5) is 16.3. The van der Waals surface area contributed by atoms with Crippen LogP contribution in [0.2, 0.25) is 0 Å². The molecular formula is C16H25N3O3S. The van der Waals surface area contributed by atoms with E-state index >= 15 is 0 Å². The first kappa shape index (κ1) is 17.9. The molecule has 1 fully saturated rings. The average Bonchev–Trinajstić information content (AvgIpc) is 2.54. The van der Waals surface area contributed by atoms with Crippen LogP contribution in [0.4, 0.5) is 0 Å². The van der Waals surface area contributed by atoms with Gasteiger partial charge in [-0.15, -0.1) is 0 Å². The van der Waals surface area contributed by atoms with Crippen LogP contribution in [-0.4, -0.2) is 64.4 Å². The van der Waals surface area contributed by atoms with Crippen LogP contribution in [0.1, 0.15) is 29.6 Å². The first-order valence-electron chi connectivity index (χ1n) is 7.94. The molecule has 1 aliphatic heterocycles. The van der Waals surface area contributed by atoms with Gasteiger partial charge in [0.15, 0.2) is 0 Å². The van der Waals surface area contributed by atoms with Gasteiger partial charge in [-0.2, -0.15) is 0 Å². The topological polar surface area (TPSA) is 69.7 Å². The van der Waals surface area contributed by atoms with Crippen molar-refractivity contribution in [2.45, 2.75) is 24.2 Å². The lowest BCUT2D eigenvalue weighted by molar-refractivity contribution is 0.0724. The molecule has 0 bridgehead atoms. The number of amides is 1. The van der Waals surface area contributed by atoms with Crippen molar-refractivity contribution >= 4 is 15.9 Å². The Morgan fingerprint density at radius 2 is 1.74 bits per heavy atom. The van der Waals surface area contributed by atoms with E-state index in [2.05, 4.69) is 4.72 Å². The van der Waals surface area contributed by atoms with E-state index in [9.17, 15) is 13.2 Å². The van der Waals surface area contributed by atoms with Crippen LogP contribution >= 0.6 is 0 Å². The van der Waals surface area contributed by atoms with Crippen molar-refractivity contribution in [3.05, 3.63) is 29.8 Å². The molecule has 6 nitrogen and oxygen atoms in total. The third-order valence-corrected chi connectivity index (χ3v) is 5.38. The smallest absolute Gasteiger partial charge is 0.253 e. The monoisotopic (exact) mass is 339 g/mol. The Bertz CT molecular complexity index is 620. The molecule has 1 heterocycles. The van der Waals surface area contributed by atoms with Crippen LogP contribution in [0.3, 0.4) is 0 Å². The highest BCUT2D eigenvalue weighted by molar-refractivity contribution is 7.89. The maximum atomic E-state index is 12.4. The van der Waals surface area contributed by atoms with Gasteiger partial charge in [0.2, 0.25) is 10.0 Å². The number of rotatable bonds is 6. The molecule has 0 aliphatic carbocycles. The molecule has 1 N–H and O–H groups in total. The summed E-state index contributed by atoms with van der Waals surface area (Å²) in [6.45, 7) is 2.55. The zero-order valence-electron chi connectivity index (χ0n) is 13.8. The minimum Gasteiger partial charge on any atom is -0.339 e. The third-order valence-electron chi connectivity index (χ3n) is 3.91. The Labute approximate surface area is 138 Å². The van der Waals surface area contributed by atoms with E-state index in [1.54, 1.807) is 12.1 Å². The molecule has 0 atom stereocenters. The zero-order chi connectivity index (χ0) is 16.9. The third kappa shape index (κ3) is 5.02. The Balaban J connectivity index is 2.02. The van der Waals surface area contributed by atoms with Gasteiger partial charge in [-0.3, -0.25) is 4.79 Å². The number of likely N-dealkylation sites (tertiary alicyclic amines) is 1. The molecule has 1 saturated heterocycles. The molecule has 7 heteroatoms. The van der Waals surface area contributed by atoms with Crippen LogP contribution < -0.4 is 4.72 Å². The Hall–Kier alpha value is -1.44. The van der Waals surface area contributed by atoms with Crippen LogP contribution in [0, 0.1) is 0 Å². The fourth-order valence-electron chi connectivity index (χ4n) is 2.54. The molecule has 1 aromatic rings. The number of nitrogens with one attached hydrogen (secondary N) is 1. The number of carbonyl (C=O) groups excluding carboxylic acids is 1. The molecule has 128 valence electrons. The maximum absolute atomic E-state index is 12.4. The highest BCUT2D eigenvalue weighted by Gasteiger charge is 2.19. The molecule has 1 aromatic carbocycles.